The predicted octanol–water partition coefficient (Wildman–Crippen LogP) is 1.42. The van der Waals surface area contributed by atoms with E-state index in [0.29, 0.717) is 19.5 Å². The van der Waals surface area contributed by atoms with Gasteiger partial charge in [-0.2, -0.15) is 13.2 Å². The zero-order chi connectivity index (χ0) is 16.3. The molecule has 0 aromatic heterocycles. The summed E-state index contributed by atoms with van der Waals surface area (Å²) in [6, 6.07) is 4.36. The third kappa shape index (κ3) is 4.84. The Balaban J connectivity index is 0.00000264. The van der Waals surface area contributed by atoms with E-state index in [4.69, 9.17) is 5.73 Å². The molecule has 1 heterocycles. The van der Waals surface area contributed by atoms with Gasteiger partial charge >= 0.3 is 6.18 Å². The Hall–Kier alpha value is -1.80. The van der Waals surface area contributed by atoms with Gasteiger partial charge in [-0.05, 0) is 18.6 Å². The third-order valence-electron chi connectivity index (χ3n) is 3.45. The molecular formula is C14H17ClF3N3O2. The summed E-state index contributed by atoms with van der Waals surface area (Å²) in [5.74, 6) is -1.28. The standard InChI is InChI=1S/C14H16F3N3O2.ClH/c15-14(16,17)11-4-2-1-3-10(11)13(22)19-7-12(21)20-6-5-9(18)8-20;/h1-4,9H,5-8,18H2,(H,19,22);1H/t9-;/m1./s1. The van der Waals surface area contributed by atoms with Gasteiger partial charge in [0, 0.05) is 19.1 Å². The number of benzene rings is 1. The van der Waals surface area contributed by atoms with E-state index in [0.717, 1.165) is 12.1 Å². The first kappa shape index (κ1) is 19.2. The molecule has 1 aliphatic heterocycles. The molecule has 1 saturated heterocycles. The van der Waals surface area contributed by atoms with Crippen LogP contribution in [0.15, 0.2) is 24.3 Å². The first-order valence-electron chi connectivity index (χ1n) is 6.77. The van der Waals surface area contributed by atoms with Gasteiger partial charge in [-0.15, -0.1) is 12.4 Å². The molecule has 1 fully saturated rings. The number of nitrogens with zero attached hydrogens (tertiary/aromatic N) is 1. The number of likely N-dealkylation sites (tertiary alicyclic amines) is 1. The summed E-state index contributed by atoms with van der Waals surface area (Å²) >= 11 is 0. The number of nitrogens with one attached hydrogen (secondary N) is 1. The second kappa shape index (κ2) is 7.65. The Morgan fingerprint density at radius 3 is 2.52 bits per heavy atom. The zero-order valence-electron chi connectivity index (χ0n) is 12.1. The van der Waals surface area contributed by atoms with Crippen molar-refractivity contribution in [2.75, 3.05) is 19.6 Å². The minimum atomic E-state index is -4.63. The molecular weight excluding hydrogens is 335 g/mol. The van der Waals surface area contributed by atoms with Crippen LogP contribution < -0.4 is 11.1 Å². The molecule has 23 heavy (non-hydrogen) atoms. The first-order chi connectivity index (χ1) is 10.3. The molecule has 2 rings (SSSR count). The molecule has 0 spiro atoms. The highest BCUT2D eigenvalue weighted by Gasteiger charge is 2.35. The maximum absolute atomic E-state index is 12.8. The molecule has 1 atom stereocenters. The van der Waals surface area contributed by atoms with Crippen molar-refractivity contribution in [2.45, 2.75) is 18.6 Å². The molecule has 0 radical (unpaired) electrons. The van der Waals surface area contributed by atoms with Crippen LogP contribution in [-0.4, -0.2) is 42.4 Å². The monoisotopic (exact) mass is 351 g/mol. The molecule has 0 saturated carbocycles. The molecule has 0 aliphatic carbocycles. The summed E-state index contributed by atoms with van der Waals surface area (Å²) in [7, 11) is 0. The van der Waals surface area contributed by atoms with Gasteiger partial charge in [0.15, 0.2) is 0 Å². The highest BCUT2D eigenvalue weighted by atomic mass is 35.5. The van der Waals surface area contributed by atoms with Crippen LogP contribution in [0.25, 0.3) is 0 Å². The van der Waals surface area contributed by atoms with Crippen molar-refractivity contribution in [2.24, 2.45) is 5.73 Å². The zero-order valence-corrected chi connectivity index (χ0v) is 12.9. The van der Waals surface area contributed by atoms with Crippen molar-refractivity contribution in [1.29, 1.82) is 0 Å². The van der Waals surface area contributed by atoms with Crippen LogP contribution >= 0.6 is 12.4 Å². The highest BCUT2D eigenvalue weighted by Crippen LogP contribution is 2.31. The van der Waals surface area contributed by atoms with Gasteiger partial charge in [0.25, 0.3) is 5.91 Å². The lowest BCUT2D eigenvalue weighted by Gasteiger charge is -2.17. The first-order valence-corrected chi connectivity index (χ1v) is 6.77. The summed E-state index contributed by atoms with van der Waals surface area (Å²) in [4.78, 5) is 25.2. The fraction of sp³-hybridized carbons (Fsp3) is 0.429. The number of alkyl halides is 3. The van der Waals surface area contributed by atoms with Crippen LogP contribution in [0.5, 0.6) is 0 Å². The fourth-order valence-electron chi connectivity index (χ4n) is 2.31. The molecule has 1 aromatic rings. The molecule has 0 unspecified atom stereocenters. The third-order valence-corrected chi connectivity index (χ3v) is 3.45. The summed E-state index contributed by atoms with van der Waals surface area (Å²) in [5.41, 5.74) is 4.15. The van der Waals surface area contributed by atoms with E-state index >= 15 is 0 Å². The normalized spacial score (nSPS) is 17.6. The quantitative estimate of drug-likeness (QED) is 0.864. The topological polar surface area (TPSA) is 75.4 Å². The number of hydrogen-bond donors (Lipinski definition) is 2. The van der Waals surface area contributed by atoms with Gasteiger partial charge in [-0.25, -0.2) is 0 Å². The van der Waals surface area contributed by atoms with Gasteiger partial charge in [0.05, 0.1) is 17.7 Å². The number of rotatable bonds is 3. The average Bonchev–Trinajstić information content (AvgIpc) is 2.90. The molecule has 128 valence electrons. The van der Waals surface area contributed by atoms with E-state index in [2.05, 4.69) is 5.32 Å². The van der Waals surface area contributed by atoms with E-state index < -0.39 is 23.2 Å². The summed E-state index contributed by atoms with van der Waals surface area (Å²) < 4.78 is 38.5. The fourth-order valence-corrected chi connectivity index (χ4v) is 2.31. The number of amides is 2. The number of nitrogens with two attached hydrogens (primary N) is 1. The van der Waals surface area contributed by atoms with Crippen LogP contribution in [0, 0.1) is 0 Å². The lowest BCUT2D eigenvalue weighted by molar-refractivity contribution is -0.137. The predicted molar refractivity (Wildman–Crippen MR) is 80.2 cm³/mol. The molecule has 5 nitrogen and oxygen atoms in total. The van der Waals surface area contributed by atoms with Crippen LogP contribution in [-0.2, 0) is 11.0 Å². The van der Waals surface area contributed by atoms with E-state index in [-0.39, 0.29) is 30.9 Å². The van der Waals surface area contributed by atoms with Gasteiger partial charge in [-0.3, -0.25) is 9.59 Å². The van der Waals surface area contributed by atoms with E-state index in [9.17, 15) is 22.8 Å². The minimum absolute atomic E-state index is 0. The smallest absolute Gasteiger partial charge is 0.343 e. The maximum atomic E-state index is 12.8. The average molecular weight is 352 g/mol. The second-order valence-corrected chi connectivity index (χ2v) is 5.11. The van der Waals surface area contributed by atoms with Crippen molar-refractivity contribution in [1.82, 2.24) is 10.2 Å². The SMILES string of the molecule is Cl.N[C@@H]1CCN(C(=O)CNC(=O)c2ccccc2C(F)(F)F)C1. The van der Waals surface area contributed by atoms with Gasteiger partial charge in [0.2, 0.25) is 5.91 Å². The lowest BCUT2D eigenvalue weighted by atomic mass is 10.1. The minimum Gasteiger partial charge on any atom is -0.343 e. The number of carbonyl (C=O) groups excluding carboxylic acids is 2. The molecule has 1 aromatic carbocycles. The maximum Gasteiger partial charge on any atom is 0.417 e. The lowest BCUT2D eigenvalue weighted by Crippen LogP contribution is -2.40. The molecule has 1 aliphatic rings. The van der Waals surface area contributed by atoms with Crippen molar-refractivity contribution in [3.8, 4) is 0 Å². The van der Waals surface area contributed by atoms with Gasteiger partial charge in [-0.1, -0.05) is 12.1 Å². The van der Waals surface area contributed by atoms with Gasteiger partial charge < -0.3 is 16.0 Å². The van der Waals surface area contributed by atoms with Crippen molar-refractivity contribution < 1.29 is 22.8 Å². The summed E-state index contributed by atoms with van der Waals surface area (Å²) in [5, 5.41) is 2.23. The van der Waals surface area contributed by atoms with Gasteiger partial charge in [0.1, 0.15) is 0 Å². The van der Waals surface area contributed by atoms with Crippen LogP contribution in [0.4, 0.5) is 13.2 Å². The largest absolute Gasteiger partial charge is 0.417 e. The summed E-state index contributed by atoms with van der Waals surface area (Å²) in [6.07, 6.45) is -3.95. The molecule has 0 bridgehead atoms. The van der Waals surface area contributed by atoms with E-state index in [1.807, 2.05) is 0 Å². The number of carbonyl (C=O) groups is 2. The molecule has 3 N–H and O–H groups in total. The molecule has 2 amide bonds. The Bertz CT molecular complexity index is 581. The Labute approximate surface area is 137 Å². The molecule has 9 heteroatoms. The van der Waals surface area contributed by atoms with Crippen molar-refractivity contribution >= 4 is 24.2 Å². The van der Waals surface area contributed by atoms with E-state index in [1.165, 1.54) is 17.0 Å². The van der Waals surface area contributed by atoms with Crippen LogP contribution in [0.3, 0.4) is 0 Å². The Morgan fingerprint density at radius 1 is 1.30 bits per heavy atom. The summed E-state index contributed by atoms with van der Waals surface area (Å²) in [6.45, 7) is 0.542. The second-order valence-electron chi connectivity index (χ2n) is 5.11. The highest BCUT2D eigenvalue weighted by molar-refractivity contribution is 5.97. The van der Waals surface area contributed by atoms with Crippen LogP contribution in [0.2, 0.25) is 0 Å². The Kier molecular flexibility index (Phi) is 6.40. The van der Waals surface area contributed by atoms with Crippen molar-refractivity contribution in [3.05, 3.63) is 35.4 Å². The van der Waals surface area contributed by atoms with E-state index in [1.54, 1.807) is 0 Å². The Morgan fingerprint density at radius 2 is 1.96 bits per heavy atom. The number of hydrogen-bond acceptors (Lipinski definition) is 3. The van der Waals surface area contributed by atoms with Crippen LogP contribution in [0.1, 0.15) is 22.3 Å². The number of halogens is 4. The van der Waals surface area contributed by atoms with Crippen molar-refractivity contribution in [3.63, 3.8) is 0 Å².